The van der Waals surface area contributed by atoms with E-state index in [1.807, 2.05) is 26.1 Å². The fourth-order valence-corrected chi connectivity index (χ4v) is 3.62. The molecule has 1 aliphatic rings. The minimum Gasteiger partial charge on any atom is -0.357 e. The van der Waals surface area contributed by atoms with E-state index in [1.165, 1.54) is 12.1 Å². The summed E-state index contributed by atoms with van der Waals surface area (Å²) in [5, 5.41) is 10.9. The Morgan fingerprint density at radius 1 is 1.15 bits per heavy atom. The van der Waals surface area contributed by atoms with Crippen molar-refractivity contribution in [1.29, 1.82) is 0 Å². The highest BCUT2D eigenvalue weighted by atomic mass is 127. The number of nitrogens with zero attached hydrogens (tertiary/aromatic N) is 5. The van der Waals surface area contributed by atoms with Crippen molar-refractivity contribution in [2.75, 3.05) is 45.8 Å². The predicted molar refractivity (Wildman–Crippen MR) is 140 cm³/mol. The van der Waals surface area contributed by atoms with E-state index in [1.54, 1.807) is 16.8 Å². The van der Waals surface area contributed by atoms with Gasteiger partial charge in [0, 0.05) is 57.9 Å². The molecule has 2 N–H and O–H groups in total. The van der Waals surface area contributed by atoms with Crippen molar-refractivity contribution in [3.8, 4) is 5.69 Å². The SMILES string of the molecule is CCNC(=NCCc1ccn(-c2ccc(F)cc2)n1)N1CCN(CC(=O)NC(C)C)CC1.I. The molecule has 1 aromatic heterocycles. The highest BCUT2D eigenvalue weighted by molar-refractivity contribution is 14.0. The zero-order chi connectivity index (χ0) is 22.9. The number of aliphatic imine (C=N–C) groups is 1. The maximum atomic E-state index is 13.1. The Hall–Kier alpha value is -2.21. The Kier molecular flexibility index (Phi) is 11.0. The Labute approximate surface area is 212 Å². The van der Waals surface area contributed by atoms with Crippen LogP contribution in [-0.4, -0.2) is 83.3 Å². The number of carbonyl (C=O) groups is 1. The van der Waals surface area contributed by atoms with E-state index in [0.29, 0.717) is 13.1 Å². The van der Waals surface area contributed by atoms with Crippen LogP contribution in [0.5, 0.6) is 0 Å². The summed E-state index contributed by atoms with van der Waals surface area (Å²) in [6.45, 7) is 11.2. The number of guanidine groups is 1. The standard InChI is InChI=1S/C23H34FN7O.HI/c1-4-25-23(30-15-13-29(14-16-30)17-22(32)27-18(2)3)26-11-9-20-10-12-31(28-20)21-7-5-19(24)6-8-21;/h5-8,10,12,18H,4,9,11,13-17H2,1-3H3,(H,25,26)(H,27,32);1H. The molecule has 0 unspecified atom stereocenters. The molecule has 182 valence electrons. The fraction of sp³-hybridized carbons (Fsp3) is 0.522. The first-order valence-corrected chi connectivity index (χ1v) is 11.3. The first-order valence-electron chi connectivity index (χ1n) is 11.3. The summed E-state index contributed by atoms with van der Waals surface area (Å²) in [5.74, 6) is 0.719. The molecular formula is C23H35FIN7O. The normalized spacial score (nSPS) is 14.8. The molecule has 3 rings (SSSR count). The maximum absolute atomic E-state index is 13.1. The molecule has 1 saturated heterocycles. The quantitative estimate of drug-likeness (QED) is 0.289. The van der Waals surface area contributed by atoms with Gasteiger partial charge in [0.25, 0.3) is 0 Å². The number of nitrogens with one attached hydrogen (secondary N) is 2. The van der Waals surface area contributed by atoms with Crippen LogP contribution in [0.4, 0.5) is 4.39 Å². The lowest BCUT2D eigenvalue weighted by atomic mass is 10.3. The molecule has 1 fully saturated rings. The van der Waals surface area contributed by atoms with Crippen LogP contribution in [-0.2, 0) is 11.2 Å². The molecule has 10 heteroatoms. The summed E-state index contributed by atoms with van der Waals surface area (Å²) in [4.78, 5) is 21.2. The monoisotopic (exact) mass is 571 g/mol. The second-order valence-electron chi connectivity index (χ2n) is 8.20. The van der Waals surface area contributed by atoms with Gasteiger partial charge < -0.3 is 15.5 Å². The van der Waals surface area contributed by atoms with Gasteiger partial charge in [-0.2, -0.15) is 5.10 Å². The molecule has 1 amide bonds. The second-order valence-corrected chi connectivity index (χ2v) is 8.20. The highest BCUT2D eigenvalue weighted by Gasteiger charge is 2.21. The third-order valence-electron chi connectivity index (χ3n) is 5.19. The average Bonchev–Trinajstić information content (AvgIpc) is 3.22. The van der Waals surface area contributed by atoms with E-state index < -0.39 is 0 Å². The maximum Gasteiger partial charge on any atom is 0.234 e. The molecule has 2 heterocycles. The molecule has 0 spiro atoms. The summed E-state index contributed by atoms with van der Waals surface area (Å²) >= 11 is 0. The second kappa shape index (κ2) is 13.5. The Morgan fingerprint density at radius 3 is 2.48 bits per heavy atom. The topological polar surface area (TPSA) is 77.8 Å². The zero-order valence-corrected chi connectivity index (χ0v) is 22.0. The highest BCUT2D eigenvalue weighted by Crippen LogP contribution is 2.09. The van der Waals surface area contributed by atoms with Gasteiger partial charge in [0.2, 0.25) is 5.91 Å². The van der Waals surface area contributed by atoms with Gasteiger partial charge in [-0.1, -0.05) is 0 Å². The first-order chi connectivity index (χ1) is 15.4. The molecule has 0 bridgehead atoms. The van der Waals surface area contributed by atoms with Crippen LogP contribution in [0.3, 0.4) is 0 Å². The van der Waals surface area contributed by atoms with E-state index in [-0.39, 0.29) is 41.7 Å². The number of hydrogen-bond donors (Lipinski definition) is 2. The third kappa shape index (κ3) is 8.58. The van der Waals surface area contributed by atoms with E-state index in [4.69, 9.17) is 4.99 Å². The number of amides is 1. The lowest BCUT2D eigenvalue weighted by Gasteiger charge is -2.36. The van der Waals surface area contributed by atoms with Gasteiger partial charge >= 0.3 is 0 Å². The van der Waals surface area contributed by atoms with Crippen LogP contribution in [0, 0.1) is 5.82 Å². The lowest BCUT2D eigenvalue weighted by molar-refractivity contribution is -0.123. The van der Waals surface area contributed by atoms with Gasteiger partial charge in [-0.25, -0.2) is 9.07 Å². The lowest BCUT2D eigenvalue weighted by Crippen LogP contribution is -2.54. The summed E-state index contributed by atoms with van der Waals surface area (Å²) in [6, 6.07) is 8.41. The number of carbonyl (C=O) groups excluding carboxylic acids is 1. The number of benzene rings is 1. The molecule has 0 atom stereocenters. The van der Waals surface area contributed by atoms with Crippen molar-refractivity contribution in [2.24, 2.45) is 4.99 Å². The third-order valence-corrected chi connectivity index (χ3v) is 5.19. The Balaban J connectivity index is 0.00000385. The van der Waals surface area contributed by atoms with Crippen LogP contribution < -0.4 is 10.6 Å². The largest absolute Gasteiger partial charge is 0.357 e. The molecule has 2 aromatic rings. The molecule has 1 aromatic carbocycles. The average molecular weight is 571 g/mol. The smallest absolute Gasteiger partial charge is 0.234 e. The van der Waals surface area contributed by atoms with Gasteiger partial charge in [0.1, 0.15) is 5.82 Å². The summed E-state index contributed by atoms with van der Waals surface area (Å²) in [5.41, 5.74) is 1.77. The molecule has 1 aliphatic heterocycles. The van der Waals surface area contributed by atoms with Crippen LogP contribution >= 0.6 is 24.0 Å². The van der Waals surface area contributed by atoms with E-state index >= 15 is 0 Å². The van der Waals surface area contributed by atoms with Crippen molar-refractivity contribution in [3.63, 3.8) is 0 Å². The van der Waals surface area contributed by atoms with Crippen LogP contribution in [0.2, 0.25) is 0 Å². The minimum absolute atomic E-state index is 0. The molecular weight excluding hydrogens is 536 g/mol. The van der Waals surface area contributed by atoms with E-state index in [0.717, 1.165) is 56.5 Å². The van der Waals surface area contributed by atoms with Crippen molar-refractivity contribution < 1.29 is 9.18 Å². The number of rotatable bonds is 8. The number of halogens is 2. The van der Waals surface area contributed by atoms with E-state index in [9.17, 15) is 9.18 Å². The molecule has 8 nitrogen and oxygen atoms in total. The number of hydrogen-bond acceptors (Lipinski definition) is 4. The van der Waals surface area contributed by atoms with E-state index in [2.05, 4.69) is 32.5 Å². The van der Waals surface area contributed by atoms with Crippen molar-refractivity contribution in [3.05, 3.63) is 48.0 Å². The summed E-state index contributed by atoms with van der Waals surface area (Å²) < 4.78 is 14.9. The summed E-state index contributed by atoms with van der Waals surface area (Å²) in [6.07, 6.45) is 2.60. The van der Waals surface area contributed by atoms with Crippen LogP contribution in [0.1, 0.15) is 26.5 Å². The summed E-state index contributed by atoms with van der Waals surface area (Å²) in [7, 11) is 0. The van der Waals surface area contributed by atoms with Gasteiger partial charge in [-0.15, -0.1) is 24.0 Å². The fourth-order valence-electron chi connectivity index (χ4n) is 3.62. The Morgan fingerprint density at radius 2 is 1.85 bits per heavy atom. The van der Waals surface area contributed by atoms with Crippen molar-refractivity contribution in [1.82, 2.24) is 30.2 Å². The predicted octanol–water partition coefficient (Wildman–Crippen LogP) is 2.28. The minimum atomic E-state index is -0.258. The Bertz CT molecular complexity index is 892. The van der Waals surface area contributed by atoms with Gasteiger partial charge in [-0.05, 0) is 51.1 Å². The zero-order valence-electron chi connectivity index (χ0n) is 19.6. The number of aromatic nitrogens is 2. The molecule has 0 radical (unpaired) electrons. The van der Waals surface area contributed by atoms with Crippen molar-refractivity contribution in [2.45, 2.75) is 33.2 Å². The van der Waals surface area contributed by atoms with Crippen molar-refractivity contribution >= 4 is 35.8 Å². The van der Waals surface area contributed by atoms with Crippen LogP contribution in [0.25, 0.3) is 5.69 Å². The molecule has 33 heavy (non-hydrogen) atoms. The number of piperazine rings is 1. The molecule has 0 saturated carbocycles. The molecule has 0 aliphatic carbocycles. The first kappa shape index (κ1) is 27.0. The van der Waals surface area contributed by atoms with Gasteiger partial charge in [0.15, 0.2) is 5.96 Å². The van der Waals surface area contributed by atoms with Gasteiger partial charge in [-0.3, -0.25) is 14.7 Å². The van der Waals surface area contributed by atoms with Gasteiger partial charge in [0.05, 0.1) is 17.9 Å². The van der Waals surface area contributed by atoms with Crippen LogP contribution in [0.15, 0.2) is 41.5 Å².